The molecule has 138 valence electrons. The van der Waals surface area contributed by atoms with E-state index in [9.17, 15) is 4.79 Å². The maximum atomic E-state index is 12.8. The van der Waals surface area contributed by atoms with Crippen LogP contribution in [0.25, 0.3) is 15.5 Å². The molecule has 0 spiro atoms. The number of fused-ring (bicyclic) bond motifs is 1. The number of amides is 1. The molecule has 7 heteroatoms. The van der Waals surface area contributed by atoms with Gasteiger partial charge in [0.2, 0.25) is 0 Å². The molecule has 0 radical (unpaired) electrons. The van der Waals surface area contributed by atoms with Crippen molar-refractivity contribution >= 4 is 44.9 Å². The molecule has 1 N–H and O–H groups in total. The lowest BCUT2D eigenvalue weighted by Crippen LogP contribution is -2.21. The number of carbonyl (C=O) groups excluding carboxylic acids is 1. The number of hydrogen-bond donors (Lipinski definition) is 1. The van der Waals surface area contributed by atoms with Gasteiger partial charge in [-0.1, -0.05) is 6.07 Å². The Hall–Kier alpha value is -2.64. The van der Waals surface area contributed by atoms with Crippen molar-refractivity contribution in [1.29, 1.82) is 0 Å². The van der Waals surface area contributed by atoms with Crippen LogP contribution in [0.3, 0.4) is 0 Å². The fourth-order valence-electron chi connectivity index (χ4n) is 3.03. The van der Waals surface area contributed by atoms with Gasteiger partial charge in [-0.2, -0.15) is 0 Å². The number of thiophene rings is 1. The summed E-state index contributed by atoms with van der Waals surface area (Å²) in [5.41, 5.74) is 3.44. The van der Waals surface area contributed by atoms with Crippen LogP contribution in [0.15, 0.2) is 53.4 Å². The largest absolute Gasteiger partial charge is 0.372 e. The molecule has 0 aliphatic heterocycles. The first-order chi connectivity index (χ1) is 13.2. The fraction of sp³-hybridized carbons (Fsp3) is 0.200. The molecule has 27 heavy (non-hydrogen) atoms. The molecule has 0 aliphatic rings. The number of rotatable bonds is 6. The molecule has 0 bridgehead atoms. The van der Waals surface area contributed by atoms with Gasteiger partial charge in [0.05, 0.1) is 4.88 Å². The Morgan fingerprint density at radius 3 is 2.59 bits per heavy atom. The first kappa shape index (κ1) is 17.8. The van der Waals surface area contributed by atoms with Crippen LogP contribution in [0, 0.1) is 0 Å². The van der Waals surface area contributed by atoms with E-state index in [0.717, 1.165) is 40.0 Å². The van der Waals surface area contributed by atoms with Crippen LogP contribution in [-0.2, 0) is 0 Å². The summed E-state index contributed by atoms with van der Waals surface area (Å²) in [5.74, 6) is -0.132. The minimum atomic E-state index is -0.132. The van der Waals surface area contributed by atoms with Gasteiger partial charge < -0.3 is 10.2 Å². The molecule has 5 nitrogen and oxygen atoms in total. The average molecular weight is 397 g/mol. The lowest BCUT2D eigenvalue weighted by molar-refractivity contribution is 0.102. The van der Waals surface area contributed by atoms with Crippen LogP contribution < -0.4 is 10.2 Å². The van der Waals surface area contributed by atoms with Gasteiger partial charge in [-0.25, -0.2) is 4.98 Å². The van der Waals surface area contributed by atoms with Crippen LogP contribution in [0.5, 0.6) is 0 Å². The zero-order valence-electron chi connectivity index (χ0n) is 15.2. The molecule has 0 saturated heterocycles. The number of aromatic nitrogens is 2. The predicted octanol–water partition coefficient (Wildman–Crippen LogP) is 5.22. The molecular formula is C20H20N4OS2. The first-order valence-corrected chi connectivity index (χ1v) is 10.6. The number of nitrogens with zero attached hydrogens (tertiary/aromatic N) is 3. The van der Waals surface area contributed by atoms with Gasteiger partial charge in [0.25, 0.3) is 5.91 Å². The van der Waals surface area contributed by atoms with Crippen molar-refractivity contribution in [3.05, 3.63) is 59.0 Å². The Kier molecular flexibility index (Phi) is 4.96. The molecule has 0 atom stereocenters. The highest BCUT2D eigenvalue weighted by Gasteiger charge is 2.16. The van der Waals surface area contributed by atoms with Crippen molar-refractivity contribution in [3.63, 3.8) is 0 Å². The number of carbonyl (C=O) groups is 1. The van der Waals surface area contributed by atoms with Gasteiger partial charge in [0.15, 0.2) is 4.96 Å². The van der Waals surface area contributed by atoms with E-state index < -0.39 is 0 Å². The maximum absolute atomic E-state index is 12.8. The Labute approximate surface area is 165 Å². The quantitative estimate of drug-likeness (QED) is 0.486. The summed E-state index contributed by atoms with van der Waals surface area (Å²) in [6, 6.07) is 12.0. The van der Waals surface area contributed by atoms with E-state index >= 15 is 0 Å². The van der Waals surface area contributed by atoms with Gasteiger partial charge >= 0.3 is 0 Å². The van der Waals surface area contributed by atoms with Crippen molar-refractivity contribution in [2.24, 2.45) is 0 Å². The van der Waals surface area contributed by atoms with Crippen LogP contribution in [-0.4, -0.2) is 28.4 Å². The summed E-state index contributed by atoms with van der Waals surface area (Å²) in [6.07, 6.45) is 1.93. The zero-order valence-corrected chi connectivity index (χ0v) is 16.8. The van der Waals surface area contributed by atoms with Crippen molar-refractivity contribution in [1.82, 2.24) is 9.38 Å². The minimum Gasteiger partial charge on any atom is -0.372 e. The molecule has 0 saturated carbocycles. The second-order valence-corrected chi connectivity index (χ2v) is 7.83. The lowest BCUT2D eigenvalue weighted by Gasteiger charge is -2.21. The van der Waals surface area contributed by atoms with Crippen molar-refractivity contribution in [3.8, 4) is 10.6 Å². The Morgan fingerprint density at radius 2 is 1.93 bits per heavy atom. The van der Waals surface area contributed by atoms with E-state index in [1.165, 1.54) is 11.3 Å². The molecule has 4 aromatic rings. The summed E-state index contributed by atoms with van der Waals surface area (Å²) in [7, 11) is 0. The number of thiazole rings is 1. The number of hydrogen-bond acceptors (Lipinski definition) is 5. The molecule has 4 rings (SSSR count). The van der Waals surface area contributed by atoms with Gasteiger partial charge in [0, 0.05) is 36.0 Å². The van der Waals surface area contributed by atoms with E-state index in [4.69, 9.17) is 0 Å². The number of anilines is 2. The van der Waals surface area contributed by atoms with Gasteiger partial charge in [-0.15, -0.1) is 22.7 Å². The Morgan fingerprint density at radius 1 is 1.15 bits per heavy atom. The predicted molar refractivity (Wildman–Crippen MR) is 114 cm³/mol. The first-order valence-electron chi connectivity index (χ1n) is 8.86. The van der Waals surface area contributed by atoms with E-state index in [1.807, 2.05) is 57.8 Å². The summed E-state index contributed by atoms with van der Waals surface area (Å²) in [4.78, 5) is 21.6. The molecule has 1 amide bonds. The number of nitrogens with one attached hydrogen (secondary N) is 1. The third-order valence-corrected chi connectivity index (χ3v) is 6.20. The van der Waals surface area contributed by atoms with Crippen molar-refractivity contribution in [2.45, 2.75) is 13.8 Å². The molecular weight excluding hydrogens is 376 g/mol. The average Bonchev–Trinajstić information content (AvgIpc) is 3.40. The normalized spacial score (nSPS) is 11.0. The highest BCUT2D eigenvalue weighted by molar-refractivity contribution is 7.15. The molecule has 0 aliphatic carbocycles. The zero-order chi connectivity index (χ0) is 18.8. The summed E-state index contributed by atoms with van der Waals surface area (Å²) >= 11 is 3.12. The summed E-state index contributed by atoms with van der Waals surface area (Å²) < 4.78 is 1.86. The smallest absolute Gasteiger partial charge is 0.273 e. The molecule has 3 aromatic heterocycles. The second-order valence-electron chi connectivity index (χ2n) is 6.05. The maximum Gasteiger partial charge on any atom is 0.273 e. The minimum absolute atomic E-state index is 0.132. The third-order valence-electron chi connectivity index (χ3n) is 4.47. The summed E-state index contributed by atoms with van der Waals surface area (Å²) in [6.45, 7) is 6.19. The van der Waals surface area contributed by atoms with Gasteiger partial charge in [0.1, 0.15) is 11.4 Å². The highest BCUT2D eigenvalue weighted by atomic mass is 32.1. The summed E-state index contributed by atoms with van der Waals surface area (Å²) in [5, 5.41) is 6.86. The Balaban J connectivity index is 1.54. The van der Waals surface area contributed by atoms with Crippen LogP contribution >= 0.6 is 22.7 Å². The van der Waals surface area contributed by atoms with Gasteiger partial charge in [-0.05, 0) is 49.6 Å². The second kappa shape index (κ2) is 7.54. The molecule has 3 heterocycles. The fourth-order valence-corrected chi connectivity index (χ4v) is 4.56. The van der Waals surface area contributed by atoms with E-state index in [2.05, 4.69) is 29.0 Å². The topological polar surface area (TPSA) is 49.6 Å². The third kappa shape index (κ3) is 3.48. The highest BCUT2D eigenvalue weighted by Crippen LogP contribution is 2.27. The number of benzene rings is 1. The van der Waals surface area contributed by atoms with Crippen LogP contribution in [0.1, 0.15) is 24.3 Å². The van der Waals surface area contributed by atoms with E-state index in [0.29, 0.717) is 5.69 Å². The SMILES string of the molecule is CCN(CC)c1ccc(NC(=O)c2csc3nc(-c4cccs4)cn23)cc1. The lowest BCUT2D eigenvalue weighted by atomic mass is 10.2. The van der Waals surface area contributed by atoms with Crippen molar-refractivity contribution < 1.29 is 4.79 Å². The molecule has 0 unspecified atom stereocenters. The molecule has 1 aromatic carbocycles. The standard InChI is InChI=1S/C20H20N4OS2/c1-3-23(4-2)15-9-7-14(8-10-15)21-19(25)17-13-27-20-22-16(12-24(17)20)18-6-5-11-26-18/h5-13H,3-4H2,1-2H3,(H,21,25). The van der Waals surface area contributed by atoms with E-state index in [1.54, 1.807) is 11.3 Å². The molecule has 0 fully saturated rings. The van der Waals surface area contributed by atoms with Gasteiger partial charge in [-0.3, -0.25) is 9.20 Å². The van der Waals surface area contributed by atoms with Crippen LogP contribution in [0.2, 0.25) is 0 Å². The van der Waals surface area contributed by atoms with Crippen LogP contribution in [0.4, 0.5) is 11.4 Å². The van der Waals surface area contributed by atoms with E-state index in [-0.39, 0.29) is 5.91 Å². The number of imidazole rings is 1. The Bertz CT molecular complexity index is 1040. The van der Waals surface area contributed by atoms with Crippen molar-refractivity contribution in [2.75, 3.05) is 23.3 Å². The monoisotopic (exact) mass is 396 g/mol.